The summed E-state index contributed by atoms with van der Waals surface area (Å²) in [5.41, 5.74) is 3.28. The van der Waals surface area contributed by atoms with Gasteiger partial charge >= 0.3 is 5.97 Å². The zero-order valence-electron chi connectivity index (χ0n) is 22.6. The molecule has 0 spiro atoms. The molecule has 0 unspecified atom stereocenters. The van der Waals surface area contributed by atoms with Gasteiger partial charge in [-0.05, 0) is 31.9 Å². The number of benzene rings is 5. The van der Waals surface area contributed by atoms with Crippen molar-refractivity contribution >= 4 is 40.4 Å². The molecule has 0 saturated carbocycles. The Morgan fingerprint density at radius 3 is 1.65 bits per heavy atom. The summed E-state index contributed by atoms with van der Waals surface area (Å²) in [5, 5.41) is 5.68. The second kappa shape index (κ2) is 10.3. The van der Waals surface area contributed by atoms with E-state index >= 15 is 0 Å². The van der Waals surface area contributed by atoms with Gasteiger partial charge in [0.25, 0.3) is 0 Å². The minimum atomic E-state index is -2.92. The minimum Gasteiger partial charge on any atom is -0.431 e. The summed E-state index contributed by atoms with van der Waals surface area (Å²) in [6.45, 7) is 3.54. The van der Waals surface area contributed by atoms with E-state index in [0.29, 0.717) is 0 Å². The van der Waals surface area contributed by atoms with Gasteiger partial charge in [0.1, 0.15) is 0 Å². The van der Waals surface area contributed by atoms with E-state index in [1.165, 1.54) is 0 Å². The molecule has 0 aliphatic carbocycles. The fourth-order valence-corrected chi connectivity index (χ4v) is 9.53. The summed E-state index contributed by atoms with van der Waals surface area (Å²) in [4.78, 5) is 13.7. The largest absolute Gasteiger partial charge is 0.431 e. The third kappa shape index (κ3) is 4.75. The van der Waals surface area contributed by atoms with Crippen LogP contribution in [0.25, 0.3) is 10.8 Å². The van der Waals surface area contributed by atoms with Gasteiger partial charge in [0.15, 0.2) is 0 Å². The van der Waals surface area contributed by atoms with E-state index in [0.717, 1.165) is 31.9 Å². The smallest absolute Gasteiger partial charge is 0.354 e. The van der Waals surface area contributed by atoms with Crippen molar-refractivity contribution in [2.24, 2.45) is 0 Å². The lowest BCUT2D eigenvalue weighted by Crippen LogP contribution is -2.66. The number of hydrogen-bond acceptors (Lipinski definition) is 3. The Hall–Kier alpha value is -4.43. The molecule has 1 aliphatic heterocycles. The van der Waals surface area contributed by atoms with Crippen LogP contribution in [0.4, 0.5) is 0 Å². The van der Waals surface area contributed by atoms with Gasteiger partial charge < -0.3 is 9.47 Å². The molecule has 6 rings (SSSR count). The molecule has 40 heavy (non-hydrogen) atoms. The Morgan fingerprint density at radius 1 is 0.650 bits per heavy atom. The van der Waals surface area contributed by atoms with Crippen molar-refractivity contribution in [3.05, 3.63) is 139 Å². The average molecular weight is 539 g/mol. The van der Waals surface area contributed by atoms with Crippen molar-refractivity contribution in [2.75, 3.05) is 0 Å². The molecule has 5 aromatic rings. The van der Waals surface area contributed by atoms with Crippen molar-refractivity contribution in [3.8, 4) is 11.5 Å². The summed E-state index contributed by atoms with van der Waals surface area (Å²) in [6.07, 6.45) is 0.288. The molecule has 0 aromatic heterocycles. The monoisotopic (exact) mass is 538 g/mol. The highest BCUT2D eigenvalue weighted by Gasteiger charge is 2.54. The number of carbonyl (C=O) groups excluding carboxylic acids is 1. The van der Waals surface area contributed by atoms with Crippen LogP contribution < -0.4 is 15.6 Å². The van der Waals surface area contributed by atoms with E-state index in [2.05, 4.69) is 109 Å². The Morgan fingerprint density at radius 2 is 1.15 bits per heavy atom. The van der Waals surface area contributed by atoms with Gasteiger partial charge in [-0.3, -0.25) is 0 Å². The molecule has 0 N–H and O–H groups in total. The molecular weight excluding hydrogens is 508 g/mol. The predicted molar refractivity (Wildman–Crippen MR) is 163 cm³/mol. The molecule has 1 fully saturated rings. The number of ether oxygens (including phenoxy) is 2. The highest BCUT2D eigenvalue weighted by Crippen LogP contribution is 2.35. The van der Waals surface area contributed by atoms with Gasteiger partial charge in [-0.1, -0.05) is 139 Å². The van der Waals surface area contributed by atoms with Crippen molar-refractivity contribution < 1.29 is 14.3 Å². The number of esters is 1. The molecule has 1 atom stereocenters. The highest BCUT2D eigenvalue weighted by molar-refractivity contribution is 7.16. The SMILES string of the molecule is CC1(C)OC(=O)[C@](C#C[Si](c2ccccc2)(c2ccccc2)c2ccccc2)(Cc2ccc3ccccc3c2)O1. The van der Waals surface area contributed by atoms with Crippen molar-refractivity contribution in [3.63, 3.8) is 0 Å². The van der Waals surface area contributed by atoms with Crippen LogP contribution in [-0.2, 0) is 20.7 Å². The van der Waals surface area contributed by atoms with Crippen molar-refractivity contribution in [1.29, 1.82) is 0 Å². The predicted octanol–water partition coefficient (Wildman–Crippen LogP) is 5.14. The van der Waals surface area contributed by atoms with Gasteiger partial charge in [-0.15, -0.1) is 5.54 Å². The topological polar surface area (TPSA) is 35.5 Å². The van der Waals surface area contributed by atoms with Gasteiger partial charge in [0.05, 0.1) is 0 Å². The first-order valence-electron chi connectivity index (χ1n) is 13.5. The molecule has 0 bridgehead atoms. The summed E-state index contributed by atoms with van der Waals surface area (Å²) >= 11 is 0. The fraction of sp³-hybridized carbons (Fsp3) is 0.139. The van der Waals surface area contributed by atoms with E-state index in [1.807, 2.05) is 36.4 Å². The first kappa shape index (κ1) is 25.8. The first-order valence-corrected chi connectivity index (χ1v) is 15.5. The normalized spacial score (nSPS) is 18.1. The lowest BCUT2D eigenvalue weighted by molar-refractivity contribution is -0.162. The summed E-state index contributed by atoms with van der Waals surface area (Å²) in [5.74, 6) is 1.92. The van der Waals surface area contributed by atoms with Crippen LogP contribution in [0.1, 0.15) is 19.4 Å². The van der Waals surface area contributed by atoms with E-state index in [4.69, 9.17) is 9.47 Å². The second-order valence-corrected chi connectivity index (χ2v) is 14.2. The number of cyclic esters (lactones) is 1. The van der Waals surface area contributed by atoms with Crippen LogP contribution in [0.2, 0.25) is 0 Å². The average Bonchev–Trinajstić information content (AvgIpc) is 3.22. The van der Waals surface area contributed by atoms with Gasteiger partial charge in [-0.2, -0.15) is 0 Å². The lowest BCUT2D eigenvalue weighted by Gasteiger charge is -2.29. The summed E-state index contributed by atoms with van der Waals surface area (Å²) in [6, 6.07) is 45.7. The molecule has 1 heterocycles. The molecular formula is C36H30O3Si. The number of hydrogen-bond donors (Lipinski definition) is 0. The van der Waals surface area contributed by atoms with Crippen LogP contribution in [0.5, 0.6) is 0 Å². The Kier molecular flexibility index (Phi) is 6.63. The molecule has 1 aliphatic rings. The Bertz CT molecular complexity index is 1620. The Balaban J connectivity index is 1.57. The lowest BCUT2D eigenvalue weighted by atomic mass is 9.94. The molecule has 196 valence electrons. The molecule has 1 saturated heterocycles. The summed E-state index contributed by atoms with van der Waals surface area (Å²) < 4.78 is 12.2. The quantitative estimate of drug-likeness (QED) is 0.135. The van der Waals surface area contributed by atoms with Gasteiger partial charge in [0.2, 0.25) is 19.5 Å². The fourth-order valence-electron chi connectivity index (χ4n) is 5.63. The second-order valence-electron chi connectivity index (χ2n) is 10.7. The highest BCUT2D eigenvalue weighted by atomic mass is 28.3. The van der Waals surface area contributed by atoms with E-state index < -0.39 is 25.4 Å². The maximum absolute atomic E-state index is 13.7. The standard InChI is InChI=1S/C36H30O3Si/c1-35(2)38-34(37)36(39-35,27-28-22-23-29-14-12-13-15-30(29)26-28)24-25-40(31-16-6-3-7-17-31,32-18-8-4-9-19-32)33-20-10-5-11-21-33/h3-23,26H,27H2,1-2H3/t36-/m0/s1. The first-order chi connectivity index (χ1) is 19.4. The maximum atomic E-state index is 13.7. The third-order valence-corrected chi connectivity index (χ3v) is 11.5. The van der Waals surface area contributed by atoms with Crippen LogP contribution in [0.3, 0.4) is 0 Å². The van der Waals surface area contributed by atoms with Gasteiger partial charge in [-0.25, -0.2) is 4.79 Å². The number of fused-ring (bicyclic) bond motifs is 1. The van der Waals surface area contributed by atoms with E-state index in [-0.39, 0.29) is 6.42 Å². The third-order valence-electron chi connectivity index (χ3n) is 7.43. The van der Waals surface area contributed by atoms with Gasteiger partial charge in [0, 0.05) is 20.3 Å². The number of rotatable bonds is 5. The Labute approximate surface area is 236 Å². The van der Waals surface area contributed by atoms with Crippen LogP contribution in [0, 0.1) is 11.5 Å². The molecule has 4 heteroatoms. The maximum Gasteiger partial charge on any atom is 0.354 e. The molecule has 5 aromatic carbocycles. The van der Waals surface area contributed by atoms with Crippen LogP contribution in [-0.4, -0.2) is 25.4 Å². The minimum absolute atomic E-state index is 0.288. The zero-order valence-corrected chi connectivity index (χ0v) is 23.6. The van der Waals surface area contributed by atoms with E-state index in [9.17, 15) is 4.79 Å². The zero-order chi connectivity index (χ0) is 27.6. The van der Waals surface area contributed by atoms with Crippen LogP contribution in [0.15, 0.2) is 133 Å². The van der Waals surface area contributed by atoms with Crippen molar-refractivity contribution in [2.45, 2.75) is 31.7 Å². The number of carbonyl (C=O) groups is 1. The molecule has 0 radical (unpaired) electrons. The molecule has 0 amide bonds. The summed E-state index contributed by atoms with van der Waals surface area (Å²) in [7, 11) is -2.92. The molecule has 3 nitrogen and oxygen atoms in total. The van der Waals surface area contributed by atoms with Crippen LogP contribution >= 0.6 is 0 Å². The van der Waals surface area contributed by atoms with Crippen molar-refractivity contribution in [1.82, 2.24) is 0 Å². The van der Waals surface area contributed by atoms with E-state index in [1.54, 1.807) is 13.8 Å².